The van der Waals surface area contributed by atoms with Gasteiger partial charge in [0, 0.05) is 11.6 Å². The van der Waals surface area contributed by atoms with Crippen LogP contribution in [-0.4, -0.2) is 22.1 Å². The first-order valence-corrected chi connectivity index (χ1v) is 9.89. The zero-order valence-electron chi connectivity index (χ0n) is 15.8. The van der Waals surface area contributed by atoms with Gasteiger partial charge in [-0.3, -0.25) is 4.79 Å². The maximum Gasteiger partial charge on any atom is 0.233 e. The summed E-state index contributed by atoms with van der Waals surface area (Å²) in [4.78, 5) is 13.4. The molecule has 2 fully saturated rings. The fraction of sp³-hybridized carbons (Fsp3) is 0.500. The second-order valence-electron chi connectivity index (χ2n) is 8.83. The highest BCUT2D eigenvalue weighted by Crippen LogP contribution is 2.67. The van der Waals surface area contributed by atoms with E-state index in [0.717, 1.165) is 36.9 Å². The third-order valence-corrected chi connectivity index (χ3v) is 7.36. The number of aromatic nitrogens is 2. The molecule has 27 heavy (non-hydrogen) atoms. The van der Waals surface area contributed by atoms with E-state index >= 15 is 0 Å². The molecule has 2 bridgehead atoms. The van der Waals surface area contributed by atoms with Crippen LogP contribution in [0.25, 0.3) is 11.3 Å². The number of halogens is 1. The molecule has 2 unspecified atom stereocenters. The smallest absolute Gasteiger partial charge is 0.233 e. The molecule has 0 aliphatic heterocycles. The molecule has 0 spiro atoms. The van der Waals surface area contributed by atoms with Crippen LogP contribution >= 0.6 is 0 Å². The highest BCUT2D eigenvalue weighted by atomic mass is 19.1. The molecule has 3 aliphatic carbocycles. The van der Waals surface area contributed by atoms with Gasteiger partial charge in [0.25, 0.3) is 0 Å². The Bertz CT molecular complexity index is 937. The van der Waals surface area contributed by atoms with Gasteiger partial charge in [-0.1, -0.05) is 26.0 Å². The molecule has 1 amide bonds. The third-order valence-electron chi connectivity index (χ3n) is 7.36. The molecular weight excluding hydrogens is 341 g/mol. The van der Waals surface area contributed by atoms with Gasteiger partial charge in [0.1, 0.15) is 5.82 Å². The largest absolute Gasteiger partial charge is 0.353 e. The lowest BCUT2D eigenvalue weighted by molar-refractivity contribution is -0.131. The summed E-state index contributed by atoms with van der Waals surface area (Å²) >= 11 is 0. The van der Waals surface area contributed by atoms with Crippen molar-refractivity contribution in [1.82, 2.24) is 15.5 Å². The van der Waals surface area contributed by atoms with Crippen molar-refractivity contribution < 1.29 is 9.18 Å². The van der Waals surface area contributed by atoms with E-state index in [-0.39, 0.29) is 23.1 Å². The minimum atomic E-state index is -0.622. The molecule has 2 aromatic rings. The number of carbonyl (C=O) groups excluding carboxylic acids is 1. The highest BCUT2D eigenvalue weighted by Gasteiger charge is 2.67. The first-order chi connectivity index (χ1) is 12.9. The average Bonchev–Trinajstić information content (AvgIpc) is 3.00. The third kappa shape index (κ3) is 2.11. The molecule has 1 N–H and O–H groups in total. The molecule has 0 radical (unpaired) electrons. The van der Waals surface area contributed by atoms with Crippen LogP contribution in [0.1, 0.15) is 63.1 Å². The van der Waals surface area contributed by atoms with Crippen molar-refractivity contribution in [3.05, 3.63) is 47.4 Å². The summed E-state index contributed by atoms with van der Waals surface area (Å²) in [6, 6.07) is 8.90. The molecule has 3 aliphatic rings. The molecule has 1 aromatic heterocycles. The van der Waals surface area contributed by atoms with Gasteiger partial charge in [-0.15, -0.1) is 0 Å². The number of hydrogen-bond donors (Lipinski definition) is 1. The number of rotatable bonds is 3. The summed E-state index contributed by atoms with van der Waals surface area (Å²) in [6.07, 6.45) is 5.09. The van der Waals surface area contributed by atoms with Crippen molar-refractivity contribution in [2.75, 3.05) is 0 Å². The number of amides is 1. The van der Waals surface area contributed by atoms with Crippen LogP contribution in [0.3, 0.4) is 0 Å². The number of benzene rings is 1. The van der Waals surface area contributed by atoms with Crippen molar-refractivity contribution in [2.45, 2.75) is 63.3 Å². The zero-order chi connectivity index (χ0) is 18.8. The maximum absolute atomic E-state index is 14.2. The van der Waals surface area contributed by atoms with Crippen LogP contribution < -0.4 is 5.32 Å². The number of nitrogens with one attached hydrogen (secondary N) is 1. The van der Waals surface area contributed by atoms with E-state index in [2.05, 4.69) is 29.4 Å². The van der Waals surface area contributed by atoms with E-state index in [4.69, 9.17) is 0 Å². The minimum absolute atomic E-state index is 0.103. The minimum Gasteiger partial charge on any atom is -0.353 e. The molecule has 4 nitrogen and oxygen atoms in total. The number of nitrogens with zero attached hydrogens (tertiary/aromatic N) is 2. The number of fused-ring (bicyclic) bond motifs is 5. The van der Waals surface area contributed by atoms with Crippen molar-refractivity contribution in [3.8, 4) is 11.3 Å². The van der Waals surface area contributed by atoms with Crippen LogP contribution in [0, 0.1) is 11.2 Å². The summed E-state index contributed by atoms with van der Waals surface area (Å²) in [6.45, 7) is 4.35. The quantitative estimate of drug-likeness (QED) is 0.891. The van der Waals surface area contributed by atoms with Crippen molar-refractivity contribution in [1.29, 1.82) is 0 Å². The molecule has 2 saturated carbocycles. The molecule has 1 aromatic carbocycles. The van der Waals surface area contributed by atoms with Crippen LogP contribution in [0.4, 0.5) is 4.39 Å². The lowest BCUT2D eigenvalue weighted by Gasteiger charge is -2.39. The SMILES string of the molecule is CC1(C)C2CCC1(C(=O)NC1CCC1)c1nnc(-c3ccccc3F)cc12. The van der Waals surface area contributed by atoms with Gasteiger partial charge in [-0.25, -0.2) is 4.39 Å². The topological polar surface area (TPSA) is 54.9 Å². The van der Waals surface area contributed by atoms with Crippen molar-refractivity contribution in [3.63, 3.8) is 0 Å². The molecular formula is C22H24FN3O. The van der Waals surface area contributed by atoms with E-state index < -0.39 is 5.41 Å². The van der Waals surface area contributed by atoms with E-state index in [1.807, 2.05) is 6.07 Å². The first kappa shape index (κ1) is 16.8. The predicted molar refractivity (Wildman–Crippen MR) is 101 cm³/mol. The van der Waals surface area contributed by atoms with Crippen LogP contribution in [0.2, 0.25) is 0 Å². The van der Waals surface area contributed by atoms with E-state index in [1.165, 1.54) is 12.5 Å². The van der Waals surface area contributed by atoms with Gasteiger partial charge < -0.3 is 5.32 Å². The average molecular weight is 365 g/mol. The summed E-state index contributed by atoms with van der Waals surface area (Å²) < 4.78 is 14.2. The van der Waals surface area contributed by atoms with Gasteiger partial charge in [-0.2, -0.15) is 10.2 Å². The van der Waals surface area contributed by atoms with Gasteiger partial charge in [0.05, 0.1) is 16.8 Å². The second-order valence-corrected chi connectivity index (χ2v) is 8.83. The fourth-order valence-electron chi connectivity index (χ4n) is 5.49. The standard InChI is InChI=1S/C22H24FN3O/c1-21(2)16-10-11-22(21,20(27)24-13-6-5-7-13)19-15(16)12-18(25-26-19)14-8-3-4-9-17(14)23/h3-4,8-9,12-13,16H,5-7,10-11H2,1-2H3,(H,24,27). The first-order valence-electron chi connectivity index (χ1n) is 9.89. The Morgan fingerprint density at radius 3 is 2.67 bits per heavy atom. The summed E-state index contributed by atoms with van der Waals surface area (Å²) in [5.74, 6) is 0.0543. The van der Waals surface area contributed by atoms with Crippen LogP contribution in [-0.2, 0) is 10.2 Å². The number of hydrogen-bond acceptors (Lipinski definition) is 3. The molecule has 1 heterocycles. The highest BCUT2D eigenvalue weighted by molar-refractivity contribution is 5.92. The monoisotopic (exact) mass is 365 g/mol. The van der Waals surface area contributed by atoms with E-state index in [1.54, 1.807) is 18.2 Å². The van der Waals surface area contributed by atoms with E-state index in [0.29, 0.717) is 17.3 Å². The molecule has 5 heteroatoms. The Labute approximate surface area is 158 Å². The Morgan fingerprint density at radius 2 is 1.96 bits per heavy atom. The van der Waals surface area contributed by atoms with Crippen LogP contribution in [0.15, 0.2) is 30.3 Å². The Hall–Kier alpha value is -2.30. The van der Waals surface area contributed by atoms with Crippen molar-refractivity contribution in [2.24, 2.45) is 5.41 Å². The fourth-order valence-corrected chi connectivity index (χ4v) is 5.49. The Kier molecular flexibility index (Phi) is 3.49. The Morgan fingerprint density at radius 1 is 1.19 bits per heavy atom. The van der Waals surface area contributed by atoms with Gasteiger partial charge >= 0.3 is 0 Å². The van der Waals surface area contributed by atoms with Gasteiger partial charge in [-0.05, 0) is 67.2 Å². The van der Waals surface area contributed by atoms with Crippen LogP contribution in [0.5, 0.6) is 0 Å². The molecule has 0 saturated heterocycles. The number of carbonyl (C=O) groups is 1. The molecule has 5 rings (SSSR count). The molecule has 2 atom stereocenters. The summed E-state index contributed by atoms with van der Waals surface area (Å²) in [5.41, 5.74) is 2.05. The lowest BCUT2D eigenvalue weighted by Crippen LogP contribution is -2.53. The normalized spacial score (nSPS) is 27.9. The van der Waals surface area contributed by atoms with Gasteiger partial charge in [0.15, 0.2) is 0 Å². The molecule has 140 valence electrons. The summed E-state index contributed by atoms with van der Waals surface area (Å²) in [7, 11) is 0. The maximum atomic E-state index is 14.2. The lowest BCUT2D eigenvalue weighted by atomic mass is 9.67. The predicted octanol–water partition coefficient (Wildman–Crippen LogP) is 4.11. The Balaban J connectivity index is 1.60. The summed E-state index contributed by atoms with van der Waals surface area (Å²) in [5, 5.41) is 12.1. The van der Waals surface area contributed by atoms with Gasteiger partial charge in [0.2, 0.25) is 5.91 Å². The second kappa shape index (κ2) is 5.60. The van der Waals surface area contributed by atoms with E-state index in [9.17, 15) is 9.18 Å². The van der Waals surface area contributed by atoms with Crippen molar-refractivity contribution >= 4 is 5.91 Å². The zero-order valence-corrected chi connectivity index (χ0v) is 15.8.